The highest BCUT2D eigenvalue weighted by Gasteiger charge is 2.18. The van der Waals surface area contributed by atoms with E-state index in [2.05, 4.69) is 39.7 Å². The van der Waals surface area contributed by atoms with Crippen molar-refractivity contribution in [2.75, 3.05) is 0 Å². The van der Waals surface area contributed by atoms with Crippen LogP contribution in [-0.4, -0.2) is 14.7 Å². The Bertz CT molecular complexity index is 776. The second kappa shape index (κ2) is 6.38. The van der Waals surface area contributed by atoms with E-state index in [-0.39, 0.29) is 0 Å². The number of hydrogen-bond donors (Lipinski definition) is 1. The first-order valence-electron chi connectivity index (χ1n) is 8.14. The molecule has 2 heterocycles. The van der Waals surface area contributed by atoms with Gasteiger partial charge in [0.2, 0.25) is 0 Å². The lowest BCUT2D eigenvalue weighted by Gasteiger charge is -2.10. The Morgan fingerprint density at radius 3 is 3.04 bits per heavy atom. The van der Waals surface area contributed by atoms with Gasteiger partial charge in [-0.2, -0.15) is 0 Å². The van der Waals surface area contributed by atoms with Gasteiger partial charge in [0.1, 0.15) is 11.5 Å². The molecule has 5 nitrogen and oxygen atoms in total. The first kappa shape index (κ1) is 14.2. The van der Waals surface area contributed by atoms with Gasteiger partial charge in [-0.1, -0.05) is 17.3 Å². The third-order valence-electron chi connectivity index (χ3n) is 4.37. The van der Waals surface area contributed by atoms with Crippen LogP contribution < -0.4 is 5.32 Å². The Kier molecular flexibility index (Phi) is 3.94. The van der Waals surface area contributed by atoms with E-state index in [0.29, 0.717) is 0 Å². The molecule has 1 aromatic carbocycles. The zero-order valence-electron chi connectivity index (χ0n) is 13.0. The Balaban J connectivity index is 1.40. The average molecular weight is 308 g/mol. The van der Waals surface area contributed by atoms with Crippen molar-refractivity contribution in [3.63, 3.8) is 0 Å². The third kappa shape index (κ3) is 3.05. The highest BCUT2D eigenvalue weighted by molar-refractivity contribution is 5.35. The molecule has 1 aliphatic carbocycles. The van der Waals surface area contributed by atoms with E-state index < -0.39 is 0 Å². The molecule has 4 rings (SSSR count). The fourth-order valence-corrected chi connectivity index (χ4v) is 3.15. The summed E-state index contributed by atoms with van der Waals surface area (Å²) >= 11 is 0. The fourth-order valence-electron chi connectivity index (χ4n) is 3.15. The maximum Gasteiger partial charge on any atom is 0.140 e. The van der Waals surface area contributed by atoms with Gasteiger partial charge in [0.05, 0.1) is 6.33 Å². The fraction of sp³-hybridized carbons (Fsp3) is 0.333. The van der Waals surface area contributed by atoms with Gasteiger partial charge in [-0.25, -0.2) is 4.98 Å². The Labute approximate surface area is 135 Å². The van der Waals surface area contributed by atoms with Crippen LogP contribution in [-0.2, 0) is 25.9 Å². The highest BCUT2D eigenvalue weighted by Crippen LogP contribution is 2.24. The van der Waals surface area contributed by atoms with Gasteiger partial charge in [-0.15, -0.1) is 0 Å². The molecule has 23 heavy (non-hydrogen) atoms. The van der Waals surface area contributed by atoms with E-state index >= 15 is 0 Å². The lowest BCUT2D eigenvalue weighted by Crippen LogP contribution is -2.15. The molecule has 0 radical (unpaired) electrons. The first-order chi connectivity index (χ1) is 11.4. The van der Waals surface area contributed by atoms with Crippen LogP contribution in [0.2, 0.25) is 0 Å². The number of imidazole rings is 1. The van der Waals surface area contributed by atoms with Crippen LogP contribution in [0.1, 0.15) is 35.4 Å². The predicted octanol–water partition coefficient (Wildman–Crippen LogP) is 3.03. The van der Waals surface area contributed by atoms with Gasteiger partial charge >= 0.3 is 0 Å². The summed E-state index contributed by atoms with van der Waals surface area (Å²) in [5, 5.41) is 7.72. The number of rotatable bonds is 5. The normalized spacial score (nSPS) is 13.9. The minimum absolute atomic E-state index is 0.758. The van der Waals surface area contributed by atoms with E-state index in [4.69, 9.17) is 4.52 Å². The van der Waals surface area contributed by atoms with E-state index in [0.717, 1.165) is 43.1 Å². The molecular formula is C18H20N4O. The second-order valence-electron chi connectivity index (χ2n) is 5.98. The summed E-state index contributed by atoms with van der Waals surface area (Å²) in [5.74, 6) is 1.09. The number of nitrogens with one attached hydrogen (secondary N) is 1. The molecule has 0 aliphatic heterocycles. The Hall–Kier alpha value is -2.40. The van der Waals surface area contributed by atoms with Gasteiger partial charge in [0, 0.05) is 43.2 Å². The van der Waals surface area contributed by atoms with E-state index in [9.17, 15) is 0 Å². The predicted molar refractivity (Wildman–Crippen MR) is 87.3 cm³/mol. The summed E-state index contributed by atoms with van der Waals surface area (Å²) < 4.78 is 7.47. The van der Waals surface area contributed by atoms with Gasteiger partial charge < -0.3 is 14.4 Å². The molecule has 0 unspecified atom stereocenters. The summed E-state index contributed by atoms with van der Waals surface area (Å²) in [6.07, 6.45) is 10.2. The number of hydrogen-bond acceptors (Lipinski definition) is 4. The van der Waals surface area contributed by atoms with Crippen molar-refractivity contribution in [2.45, 2.75) is 38.8 Å². The minimum Gasteiger partial charge on any atom is -0.361 e. The van der Waals surface area contributed by atoms with Gasteiger partial charge in [-0.05, 0) is 37.0 Å². The second-order valence-corrected chi connectivity index (χ2v) is 5.98. The zero-order chi connectivity index (χ0) is 15.5. The van der Waals surface area contributed by atoms with Crippen molar-refractivity contribution in [2.24, 2.45) is 0 Å². The number of benzene rings is 1. The molecule has 0 spiro atoms. The maximum absolute atomic E-state index is 5.46. The largest absolute Gasteiger partial charge is 0.361 e. The van der Waals surface area contributed by atoms with Gasteiger partial charge in [-0.3, -0.25) is 0 Å². The lowest BCUT2D eigenvalue weighted by molar-refractivity contribution is 0.366. The molecular weight excluding hydrogens is 288 g/mol. The molecule has 2 aromatic heterocycles. The molecule has 0 saturated carbocycles. The number of fused-ring (bicyclic) bond motifs is 1. The molecule has 1 N–H and O–H groups in total. The van der Waals surface area contributed by atoms with Crippen molar-refractivity contribution < 1.29 is 4.52 Å². The molecule has 0 saturated heterocycles. The van der Waals surface area contributed by atoms with E-state index in [1.807, 2.05) is 17.1 Å². The van der Waals surface area contributed by atoms with Gasteiger partial charge in [0.15, 0.2) is 0 Å². The Morgan fingerprint density at radius 2 is 2.13 bits per heavy atom. The average Bonchev–Trinajstić information content (AvgIpc) is 3.25. The van der Waals surface area contributed by atoms with Crippen molar-refractivity contribution >= 4 is 0 Å². The van der Waals surface area contributed by atoms with Crippen LogP contribution in [0.4, 0.5) is 0 Å². The van der Waals surface area contributed by atoms with Crippen LogP contribution in [0.5, 0.6) is 0 Å². The van der Waals surface area contributed by atoms with Crippen LogP contribution >= 0.6 is 0 Å². The van der Waals surface area contributed by atoms with Crippen molar-refractivity contribution in [3.05, 3.63) is 65.6 Å². The molecule has 0 atom stereocenters. The van der Waals surface area contributed by atoms with Crippen molar-refractivity contribution in [3.8, 4) is 5.69 Å². The summed E-state index contributed by atoms with van der Waals surface area (Å²) in [4.78, 5) is 4.09. The maximum atomic E-state index is 5.46. The van der Waals surface area contributed by atoms with Crippen LogP contribution in [0.25, 0.3) is 5.69 Å². The van der Waals surface area contributed by atoms with Crippen LogP contribution in [0.15, 0.2) is 47.5 Å². The van der Waals surface area contributed by atoms with E-state index in [1.165, 1.54) is 24.0 Å². The molecule has 118 valence electrons. The zero-order valence-corrected chi connectivity index (χ0v) is 13.0. The molecule has 0 fully saturated rings. The lowest BCUT2D eigenvalue weighted by atomic mass is 9.96. The van der Waals surface area contributed by atoms with Crippen molar-refractivity contribution in [1.82, 2.24) is 20.0 Å². The van der Waals surface area contributed by atoms with Crippen molar-refractivity contribution in [1.29, 1.82) is 0 Å². The first-order valence-corrected chi connectivity index (χ1v) is 8.14. The molecule has 5 heteroatoms. The highest BCUT2D eigenvalue weighted by atomic mass is 16.5. The number of aromatic nitrogens is 3. The van der Waals surface area contributed by atoms with Crippen LogP contribution in [0.3, 0.4) is 0 Å². The Morgan fingerprint density at radius 1 is 1.17 bits per heavy atom. The summed E-state index contributed by atoms with van der Waals surface area (Å²) in [6.45, 7) is 1.57. The molecule has 0 amide bonds. The molecule has 3 aromatic rings. The van der Waals surface area contributed by atoms with Crippen LogP contribution in [0, 0.1) is 0 Å². The smallest absolute Gasteiger partial charge is 0.140 e. The molecule has 1 aliphatic rings. The topological polar surface area (TPSA) is 55.9 Å². The summed E-state index contributed by atoms with van der Waals surface area (Å²) in [6, 6.07) is 8.46. The minimum atomic E-state index is 0.758. The molecule has 0 bridgehead atoms. The monoisotopic (exact) mass is 308 g/mol. The van der Waals surface area contributed by atoms with Gasteiger partial charge in [0.25, 0.3) is 0 Å². The summed E-state index contributed by atoms with van der Waals surface area (Å²) in [7, 11) is 0. The third-order valence-corrected chi connectivity index (χ3v) is 4.37. The standard InChI is InChI=1S/C18H20N4O/c1-2-7-18-16(6-1)17(21-23-18)12-20-11-14-4-3-5-15(10-14)22-9-8-19-13-22/h3-5,8-10,13,20H,1-2,6-7,11-12H2. The quantitative estimate of drug-likeness (QED) is 0.787. The summed E-state index contributed by atoms with van der Waals surface area (Å²) in [5.41, 5.74) is 4.77. The SMILES string of the molecule is c1cc(CNCc2noc3c2CCCC3)cc(-n2ccnc2)c1. The number of nitrogens with zero attached hydrogens (tertiary/aromatic N) is 3. The van der Waals surface area contributed by atoms with E-state index in [1.54, 1.807) is 6.20 Å². The number of aryl methyl sites for hydroxylation is 1.